The first kappa shape index (κ1) is 13.0. The second kappa shape index (κ2) is 5.46. The molecule has 0 bridgehead atoms. The van der Waals surface area contributed by atoms with E-state index in [1.165, 1.54) is 24.3 Å². The summed E-state index contributed by atoms with van der Waals surface area (Å²) in [4.78, 5) is 15.5. The van der Waals surface area contributed by atoms with E-state index in [9.17, 15) is 9.18 Å². The molecule has 0 fully saturated rings. The Hall–Kier alpha value is -2.45. The summed E-state index contributed by atoms with van der Waals surface area (Å²) in [6.45, 7) is 0. The molecule has 0 saturated heterocycles. The molecular weight excluding hydrogens is 269 g/mol. The number of hydrogen-bond donors (Lipinski definition) is 1. The van der Waals surface area contributed by atoms with E-state index in [4.69, 9.17) is 16.9 Å². The Labute approximate surface area is 113 Å². The normalized spacial score (nSPS) is 9.74. The van der Waals surface area contributed by atoms with Gasteiger partial charge in [-0.3, -0.25) is 4.79 Å². The number of anilines is 1. The highest BCUT2D eigenvalue weighted by Gasteiger charge is 2.10. The van der Waals surface area contributed by atoms with E-state index in [0.717, 1.165) is 12.3 Å². The van der Waals surface area contributed by atoms with E-state index in [1.54, 1.807) is 0 Å². The summed E-state index contributed by atoms with van der Waals surface area (Å²) in [5.74, 6) is -1.06. The lowest BCUT2D eigenvalue weighted by Crippen LogP contribution is -2.14. The number of nitrogens with one attached hydrogen (secondary N) is 1. The van der Waals surface area contributed by atoms with Crippen LogP contribution in [-0.2, 0) is 0 Å². The number of hydrogen-bond acceptors (Lipinski definition) is 3. The first-order chi connectivity index (χ1) is 9.10. The predicted molar refractivity (Wildman–Crippen MR) is 68.3 cm³/mol. The van der Waals surface area contributed by atoms with Gasteiger partial charge >= 0.3 is 0 Å². The second-order valence-electron chi connectivity index (χ2n) is 3.62. The molecule has 2 aromatic rings. The molecule has 0 aliphatic heterocycles. The smallest absolute Gasteiger partial charge is 0.274 e. The van der Waals surface area contributed by atoms with E-state index in [0.29, 0.717) is 16.3 Å². The molecule has 6 heteroatoms. The van der Waals surface area contributed by atoms with Crippen LogP contribution in [-0.4, -0.2) is 10.9 Å². The first-order valence-corrected chi connectivity index (χ1v) is 5.60. The molecule has 0 saturated carbocycles. The Morgan fingerprint density at radius 1 is 1.37 bits per heavy atom. The fraction of sp³-hybridized carbons (Fsp3) is 0. The number of amides is 1. The van der Waals surface area contributed by atoms with E-state index >= 15 is 0 Å². The van der Waals surface area contributed by atoms with E-state index in [2.05, 4.69) is 10.3 Å². The average Bonchev–Trinajstić information content (AvgIpc) is 2.42. The summed E-state index contributed by atoms with van der Waals surface area (Å²) in [6, 6.07) is 8.82. The maximum absolute atomic E-state index is 12.7. The molecule has 0 aliphatic carbocycles. The van der Waals surface area contributed by atoms with Gasteiger partial charge in [0.15, 0.2) is 0 Å². The molecule has 1 aromatic heterocycles. The summed E-state index contributed by atoms with van der Waals surface area (Å²) in [7, 11) is 0. The van der Waals surface area contributed by atoms with E-state index in [-0.39, 0.29) is 5.69 Å². The first-order valence-electron chi connectivity index (χ1n) is 5.22. The van der Waals surface area contributed by atoms with Gasteiger partial charge in [-0.05, 0) is 30.3 Å². The van der Waals surface area contributed by atoms with Crippen molar-refractivity contribution in [3.63, 3.8) is 0 Å². The number of carbonyl (C=O) groups is 1. The number of aromatic nitrogens is 1. The van der Waals surface area contributed by atoms with Gasteiger partial charge < -0.3 is 5.32 Å². The van der Waals surface area contributed by atoms with Crippen LogP contribution >= 0.6 is 11.6 Å². The summed E-state index contributed by atoms with van der Waals surface area (Å²) in [6.07, 6.45) is 0.947. The molecule has 1 amide bonds. The van der Waals surface area contributed by atoms with Crippen LogP contribution in [0, 0.1) is 17.1 Å². The number of rotatable bonds is 2. The van der Waals surface area contributed by atoms with Gasteiger partial charge in [-0.25, -0.2) is 9.37 Å². The largest absolute Gasteiger partial charge is 0.319 e. The third kappa shape index (κ3) is 3.06. The molecule has 4 nitrogen and oxygen atoms in total. The number of nitriles is 1. The van der Waals surface area contributed by atoms with Crippen LogP contribution in [0.4, 0.5) is 10.1 Å². The van der Waals surface area contributed by atoms with Crippen LogP contribution in [0.1, 0.15) is 16.1 Å². The fourth-order valence-electron chi connectivity index (χ4n) is 1.39. The Morgan fingerprint density at radius 3 is 2.79 bits per heavy atom. The van der Waals surface area contributed by atoms with Crippen molar-refractivity contribution >= 4 is 23.2 Å². The van der Waals surface area contributed by atoms with Crippen molar-refractivity contribution in [2.24, 2.45) is 0 Å². The summed E-state index contributed by atoms with van der Waals surface area (Å²) in [5.41, 5.74) is 0.725. The lowest BCUT2D eigenvalue weighted by molar-refractivity contribution is 0.102. The van der Waals surface area contributed by atoms with Crippen molar-refractivity contribution in [3.05, 3.63) is 58.6 Å². The molecule has 1 N–H and O–H groups in total. The molecule has 94 valence electrons. The number of halogens is 2. The van der Waals surface area contributed by atoms with E-state index in [1.807, 2.05) is 6.07 Å². The van der Waals surface area contributed by atoms with Gasteiger partial charge in [-0.2, -0.15) is 5.26 Å². The summed E-state index contributed by atoms with van der Waals surface area (Å²) < 4.78 is 12.7. The van der Waals surface area contributed by atoms with Gasteiger partial charge in [-0.15, -0.1) is 0 Å². The molecule has 1 aromatic carbocycles. The lowest BCUT2D eigenvalue weighted by Gasteiger charge is -2.06. The fourth-order valence-corrected chi connectivity index (χ4v) is 1.55. The highest BCUT2D eigenvalue weighted by atomic mass is 35.5. The van der Waals surface area contributed by atoms with Crippen LogP contribution in [0.3, 0.4) is 0 Å². The molecule has 0 spiro atoms. The molecule has 0 radical (unpaired) electrons. The maximum atomic E-state index is 12.7. The molecule has 0 aliphatic rings. The van der Waals surface area contributed by atoms with Crippen molar-refractivity contribution in [3.8, 4) is 6.07 Å². The van der Waals surface area contributed by atoms with Gasteiger partial charge in [0.2, 0.25) is 0 Å². The molecule has 0 atom stereocenters. The Morgan fingerprint density at radius 2 is 2.16 bits per heavy atom. The topological polar surface area (TPSA) is 65.8 Å². The average molecular weight is 276 g/mol. The van der Waals surface area contributed by atoms with Crippen molar-refractivity contribution < 1.29 is 9.18 Å². The number of pyridine rings is 1. The van der Waals surface area contributed by atoms with Gasteiger partial charge in [0.05, 0.1) is 28.5 Å². The van der Waals surface area contributed by atoms with Crippen LogP contribution in [0.15, 0.2) is 36.5 Å². The summed E-state index contributed by atoms with van der Waals surface area (Å²) >= 11 is 5.91. The minimum atomic E-state index is -0.531. The minimum Gasteiger partial charge on any atom is -0.319 e. The van der Waals surface area contributed by atoms with Crippen molar-refractivity contribution in [2.45, 2.75) is 0 Å². The van der Waals surface area contributed by atoms with Crippen LogP contribution in [0.25, 0.3) is 0 Å². The predicted octanol–water partition coefficient (Wildman–Crippen LogP) is 3.00. The monoisotopic (exact) mass is 275 g/mol. The minimum absolute atomic E-state index is 0.0554. The molecule has 19 heavy (non-hydrogen) atoms. The van der Waals surface area contributed by atoms with Gasteiger partial charge in [0, 0.05) is 0 Å². The number of benzene rings is 1. The zero-order valence-corrected chi connectivity index (χ0v) is 10.3. The van der Waals surface area contributed by atoms with Crippen LogP contribution in [0.2, 0.25) is 5.02 Å². The Kier molecular flexibility index (Phi) is 3.74. The molecule has 1 heterocycles. The lowest BCUT2D eigenvalue weighted by atomic mass is 10.2. The highest BCUT2D eigenvalue weighted by molar-refractivity contribution is 6.33. The number of nitrogens with zero attached hydrogens (tertiary/aromatic N) is 2. The highest BCUT2D eigenvalue weighted by Crippen LogP contribution is 2.23. The van der Waals surface area contributed by atoms with Crippen molar-refractivity contribution in [1.29, 1.82) is 5.26 Å². The standard InChI is InChI=1S/C13H7ClFN3O/c14-10-3-1-8(6-16)5-12(10)18-13(19)11-4-2-9(15)7-17-11/h1-5,7H,(H,18,19). The molecular formula is C13H7ClFN3O. The molecule has 0 unspecified atom stereocenters. The zero-order chi connectivity index (χ0) is 13.8. The van der Waals surface area contributed by atoms with Crippen LogP contribution < -0.4 is 5.32 Å². The number of carbonyl (C=O) groups excluding carboxylic acids is 1. The SMILES string of the molecule is N#Cc1ccc(Cl)c(NC(=O)c2ccc(F)cn2)c1. The van der Waals surface area contributed by atoms with Crippen molar-refractivity contribution in [2.75, 3.05) is 5.32 Å². The van der Waals surface area contributed by atoms with Crippen molar-refractivity contribution in [1.82, 2.24) is 4.98 Å². The van der Waals surface area contributed by atoms with Crippen LogP contribution in [0.5, 0.6) is 0 Å². The van der Waals surface area contributed by atoms with Gasteiger partial charge in [-0.1, -0.05) is 11.6 Å². The Balaban J connectivity index is 2.24. The van der Waals surface area contributed by atoms with Gasteiger partial charge in [0.1, 0.15) is 11.5 Å². The van der Waals surface area contributed by atoms with Gasteiger partial charge in [0.25, 0.3) is 5.91 Å². The Bertz CT molecular complexity index is 665. The summed E-state index contributed by atoms with van der Waals surface area (Å²) in [5, 5.41) is 11.6. The van der Waals surface area contributed by atoms with E-state index < -0.39 is 11.7 Å². The second-order valence-corrected chi connectivity index (χ2v) is 4.03. The zero-order valence-electron chi connectivity index (χ0n) is 9.52. The quantitative estimate of drug-likeness (QED) is 0.916. The third-order valence-corrected chi connectivity index (χ3v) is 2.63. The maximum Gasteiger partial charge on any atom is 0.274 e. The third-order valence-electron chi connectivity index (χ3n) is 2.30. The molecule has 2 rings (SSSR count).